The van der Waals surface area contributed by atoms with Gasteiger partial charge in [0.25, 0.3) is 0 Å². The van der Waals surface area contributed by atoms with Crippen molar-refractivity contribution in [2.75, 3.05) is 65.6 Å². The molecule has 0 spiro atoms. The van der Waals surface area contributed by atoms with E-state index in [0.29, 0.717) is 5.92 Å². The number of nitrogens with one attached hydrogen (secondary N) is 2. The highest BCUT2D eigenvalue weighted by Crippen LogP contribution is 2.16. The monoisotopic (exact) mass is 367 g/mol. The lowest BCUT2D eigenvalue weighted by atomic mass is 10.0. The summed E-state index contributed by atoms with van der Waals surface area (Å²) in [5, 5.41) is 6.95. The second kappa shape index (κ2) is 11.1. The Bertz CT molecular complexity index is 414. The van der Waals surface area contributed by atoms with Crippen LogP contribution in [0.5, 0.6) is 0 Å². The lowest BCUT2D eigenvalue weighted by Crippen LogP contribution is -2.52. The summed E-state index contributed by atoms with van der Waals surface area (Å²) in [6.45, 7) is 19.1. The van der Waals surface area contributed by atoms with Crippen molar-refractivity contribution < 1.29 is 4.74 Å². The Hall–Kier alpha value is -0.850. The van der Waals surface area contributed by atoms with Gasteiger partial charge in [0.05, 0.1) is 19.8 Å². The third kappa shape index (κ3) is 7.41. The molecule has 0 aromatic heterocycles. The van der Waals surface area contributed by atoms with Crippen molar-refractivity contribution in [2.24, 2.45) is 10.9 Å². The Morgan fingerprint density at radius 3 is 2.42 bits per heavy atom. The molecule has 6 heteroatoms. The molecule has 2 rings (SSSR count). The maximum Gasteiger partial charge on any atom is 0.191 e. The first-order valence-electron chi connectivity index (χ1n) is 10.6. The summed E-state index contributed by atoms with van der Waals surface area (Å²) in [7, 11) is 0. The minimum Gasteiger partial charge on any atom is -0.379 e. The number of nitrogens with zero attached hydrogens (tertiary/aromatic N) is 3. The predicted octanol–water partition coefficient (Wildman–Crippen LogP) is 1.77. The van der Waals surface area contributed by atoms with Crippen LogP contribution in [-0.2, 0) is 4.74 Å². The average Bonchev–Trinajstić information content (AvgIpc) is 2.65. The number of aliphatic imine (C=N–C) groups is 1. The van der Waals surface area contributed by atoms with Crippen LogP contribution in [0.1, 0.15) is 47.0 Å². The van der Waals surface area contributed by atoms with Crippen molar-refractivity contribution >= 4 is 5.96 Å². The third-order valence-electron chi connectivity index (χ3n) is 5.47. The number of hydrogen-bond donors (Lipinski definition) is 2. The Kier molecular flexibility index (Phi) is 9.16. The maximum absolute atomic E-state index is 5.48. The summed E-state index contributed by atoms with van der Waals surface area (Å²) in [5.41, 5.74) is 0.0611. The molecule has 0 aromatic carbocycles. The van der Waals surface area contributed by atoms with Crippen LogP contribution in [-0.4, -0.2) is 86.9 Å². The van der Waals surface area contributed by atoms with Gasteiger partial charge in [-0.05, 0) is 52.6 Å². The van der Waals surface area contributed by atoms with E-state index in [0.717, 1.165) is 51.9 Å². The topological polar surface area (TPSA) is 52.1 Å². The second-order valence-corrected chi connectivity index (χ2v) is 8.45. The first-order chi connectivity index (χ1) is 12.5. The van der Waals surface area contributed by atoms with Crippen LogP contribution in [0, 0.1) is 5.92 Å². The quantitative estimate of drug-likeness (QED) is 0.506. The molecule has 0 amide bonds. The van der Waals surface area contributed by atoms with Gasteiger partial charge in [-0.2, -0.15) is 0 Å². The smallest absolute Gasteiger partial charge is 0.191 e. The van der Waals surface area contributed by atoms with Crippen LogP contribution < -0.4 is 10.6 Å². The molecule has 2 aliphatic heterocycles. The van der Waals surface area contributed by atoms with E-state index in [1.54, 1.807) is 0 Å². The lowest BCUT2D eigenvalue weighted by molar-refractivity contribution is -0.00684. The molecular weight excluding hydrogens is 326 g/mol. The van der Waals surface area contributed by atoms with Crippen molar-refractivity contribution in [3.63, 3.8) is 0 Å². The number of ether oxygens (including phenoxy) is 1. The fourth-order valence-electron chi connectivity index (χ4n) is 3.80. The van der Waals surface area contributed by atoms with E-state index in [-0.39, 0.29) is 5.54 Å². The Morgan fingerprint density at radius 2 is 1.77 bits per heavy atom. The summed E-state index contributed by atoms with van der Waals surface area (Å²) in [6.07, 6.45) is 4.13. The standard InChI is InChI=1S/C20H41N5O/c1-5-21-19(22-15-18(2)16-24-9-7-6-8-10-24)23-17-20(3,4)25-11-13-26-14-12-25/h18H,5-17H2,1-4H3,(H2,21,22,23). The van der Waals surface area contributed by atoms with Crippen molar-refractivity contribution in [1.82, 2.24) is 20.4 Å². The minimum atomic E-state index is 0.0611. The molecule has 1 atom stereocenters. The van der Waals surface area contributed by atoms with Gasteiger partial charge in [0, 0.05) is 38.3 Å². The molecule has 0 aromatic rings. The van der Waals surface area contributed by atoms with Gasteiger partial charge in [-0.15, -0.1) is 0 Å². The van der Waals surface area contributed by atoms with Gasteiger partial charge in [0.1, 0.15) is 0 Å². The number of morpholine rings is 1. The highest BCUT2D eigenvalue weighted by atomic mass is 16.5. The molecule has 152 valence electrons. The Balaban J connectivity index is 1.79. The van der Waals surface area contributed by atoms with Crippen LogP contribution in [0.3, 0.4) is 0 Å². The first kappa shape index (κ1) is 21.5. The summed E-state index contributed by atoms with van der Waals surface area (Å²) in [5.74, 6) is 1.57. The molecule has 2 N–H and O–H groups in total. The second-order valence-electron chi connectivity index (χ2n) is 8.45. The van der Waals surface area contributed by atoms with Crippen molar-refractivity contribution in [3.8, 4) is 0 Å². The Morgan fingerprint density at radius 1 is 1.08 bits per heavy atom. The molecule has 0 aliphatic carbocycles. The average molecular weight is 368 g/mol. The van der Waals surface area contributed by atoms with E-state index >= 15 is 0 Å². The number of guanidine groups is 1. The van der Waals surface area contributed by atoms with Gasteiger partial charge >= 0.3 is 0 Å². The summed E-state index contributed by atoms with van der Waals surface area (Å²) < 4.78 is 5.48. The van der Waals surface area contributed by atoms with Crippen LogP contribution in [0.2, 0.25) is 0 Å². The molecule has 1 unspecified atom stereocenters. The molecule has 2 heterocycles. The SMILES string of the molecule is CCNC(=NCC(C)(C)N1CCOCC1)NCC(C)CN1CCCCC1. The van der Waals surface area contributed by atoms with Crippen LogP contribution in [0.4, 0.5) is 0 Å². The zero-order valence-electron chi connectivity index (χ0n) is 17.5. The van der Waals surface area contributed by atoms with E-state index < -0.39 is 0 Å². The van der Waals surface area contributed by atoms with Crippen LogP contribution >= 0.6 is 0 Å². The molecule has 0 radical (unpaired) electrons. The highest BCUT2D eigenvalue weighted by molar-refractivity contribution is 5.79. The Labute approximate surface area is 160 Å². The predicted molar refractivity (Wildman–Crippen MR) is 110 cm³/mol. The van der Waals surface area contributed by atoms with E-state index in [1.807, 2.05) is 0 Å². The highest BCUT2D eigenvalue weighted by Gasteiger charge is 2.28. The zero-order chi connectivity index (χ0) is 18.8. The van der Waals surface area contributed by atoms with Crippen molar-refractivity contribution in [1.29, 1.82) is 0 Å². The number of hydrogen-bond acceptors (Lipinski definition) is 4. The van der Waals surface area contributed by atoms with Gasteiger partial charge < -0.3 is 20.3 Å². The van der Waals surface area contributed by atoms with Gasteiger partial charge in [-0.3, -0.25) is 9.89 Å². The van der Waals surface area contributed by atoms with Gasteiger partial charge in [-0.1, -0.05) is 13.3 Å². The molecule has 0 saturated carbocycles. The lowest BCUT2D eigenvalue weighted by Gasteiger charge is -2.40. The number of likely N-dealkylation sites (tertiary alicyclic amines) is 1. The minimum absolute atomic E-state index is 0.0611. The third-order valence-corrected chi connectivity index (χ3v) is 5.47. The van der Waals surface area contributed by atoms with E-state index in [2.05, 4.69) is 48.1 Å². The molecular formula is C20H41N5O. The maximum atomic E-state index is 5.48. The largest absolute Gasteiger partial charge is 0.379 e. The molecule has 2 fully saturated rings. The van der Waals surface area contributed by atoms with E-state index in [4.69, 9.17) is 9.73 Å². The molecule has 2 aliphatic rings. The fraction of sp³-hybridized carbons (Fsp3) is 0.950. The summed E-state index contributed by atoms with van der Waals surface area (Å²) >= 11 is 0. The fourth-order valence-corrected chi connectivity index (χ4v) is 3.80. The van der Waals surface area contributed by atoms with Gasteiger partial charge in [-0.25, -0.2) is 0 Å². The van der Waals surface area contributed by atoms with E-state index in [9.17, 15) is 0 Å². The number of piperidine rings is 1. The first-order valence-corrected chi connectivity index (χ1v) is 10.6. The van der Waals surface area contributed by atoms with Crippen LogP contribution in [0.15, 0.2) is 4.99 Å². The normalized spacial score (nSPS) is 22.2. The van der Waals surface area contributed by atoms with Crippen LogP contribution in [0.25, 0.3) is 0 Å². The number of rotatable bonds is 8. The molecule has 2 saturated heterocycles. The zero-order valence-corrected chi connectivity index (χ0v) is 17.5. The molecule has 6 nitrogen and oxygen atoms in total. The molecule has 0 bridgehead atoms. The van der Waals surface area contributed by atoms with Crippen molar-refractivity contribution in [2.45, 2.75) is 52.5 Å². The van der Waals surface area contributed by atoms with Gasteiger partial charge in [0.2, 0.25) is 0 Å². The summed E-state index contributed by atoms with van der Waals surface area (Å²) in [6, 6.07) is 0. The molecule has 26 heavy (non-hydrogen) atoms. The van der Waals surface area contributed by atoms with Crippen molar-refractivity contribution in [3.05, 3.63) is 0 Å². The van der Waals surface area contributed by atoms with E-state index in [1.165, 1.54) is 38.9 Å². The summed E-state index contributed by atoms with van der Waals surface area (Å²) in [4.78, 5) is 9.98. The van der Waals surface area contributed by atoms with Gasteiger partial charge in [0.15, 0.2) is 5.96 Å².